The Bertz CT molecular complexity index is 1100. The minimum atomic E-state index is -3.79. The summed E-state index contributed by atoms with van der Waals surface area (Å²) in [7, 11) is -3.79. The van der Waals surface area contributed by atoms with Gasteiger partial charge in [0, 0.05) is 35.8 Å². The van der Waals surface area contributed by atoms with Crippen LogP contribution in [0.5, 0.6) is 0 Å². The molecule has 7 heteroatoms. The fraction of sp³-hybridized carbons (Fsp3) is 0.286. The van der Waals surface area contributed by atoms with Crippen molar-refractivity contribution in [2.75, 3.05) is 13.1 Å². The maximum Gasteiger partial charge on any atom is 0.242 e. The number of likely N-dealkylation sites (N-methyl/N-ethyl adjacent to an activating group) is 1. The second-order valence-electron chi connectivity index (χ2n) is 6.55. The van der Waals surface area contributed by atoms with Crippen molar-refractivity contribution < 1.29 is 17.6 Å². The molecule has 0 aliphatic heterocycles. The summed E-state index contributed by atoms with van der Waals surface area (Å²) in [6.45, 7) is 5.04. The zero-order valence-electron chi connectivity index (χ0n) is 15.9. The number of carbonyl (C=O) groups is 1. The van der Waals surface area contributed by atoms with Crippen molar-refractivity contribution in [1.82, 2.24) is 9.47 Å². The van der Waals surface area contributed by atoms with Crippen molar-refractivity contribution in [3.05, 3.63) is 66.1 Å². The van der Waals surface area contributed by atoms with E-state index < -0.39 is 21.4 Å². The van der Waals surface area contributed by atoms with E-state index in [9.17, 15) is 17.6 Å². The molecule has 3 aromatic rings. The molecule has 1 heterocycles. The van der Waals surface area contributed by atoms with Crippen molar-refractivity contribution >= 4 is 26.6 Å². The predicted octanol–water partition coefficient (Wildman–Crippen LogP) is 3.62. The lowest BCUT2D eigenvalue weighted by Crippen LogP contribution is -2.33. The summed E-state index contributed by atoms with van der Waals surface area (Å²) >= 11 is 0. The first-order valence-electron chi connectivity index (χ1n) is 9.19. The number of amides is 1. The summed E-state index contributed by atoms with van der Waals surface area (Å²) in [5.74, 6) is -1.06. The van der Waals surface area contributed by atoms with Crippen LogP contribution < -0.4 is 0 Å². The van der Waals surface area contributed by atoms with Crippen molar-refractivity contribution in [2.45, 2.75) is 31.0 Å². The smallest absolute Gasteiger partial charge is 0.242 e. The molecule has 0 bridgehead atoms. The first-order valence-corrected chi connectivity index (χ1v) is 10.8. The second-order valence-corrected chi connectivity index (χ2v) is 8.51. The summed E-state index contributed by atoms with van der Waals surface area (Å²) < 4.78 is 41.7. The molecule has 0 saturated carbocycles. The highest BCUT2D eigenvalue weighted by atomic mass is 32.2. The van der Waals surface area contributed by atoms with Crippen LogP contribution in [0.2, 0.25) is 0 Å². The van der Waals surface area contributed by atoms with E-state index in [-0.39, 0.29) is 22.9 Å². The number of nitrogens with zero attached hydrogens (tertiary/aromatic N) is 2. The van der Waals surface area contributed by atoms with Crippen molar-refractivity contribution in [3.63, 3.8) is 0 Å². The standard InChI is InChI=1S/C21H23FN2O3S/c1-3-23(4-2)21(25)14-24-13-20(17-10-6-8-12-19(17)24)28(26,27)15-16-9-5-7-11-18(16)22/h5-13H,3-4,14-15H2,1-2H3. The van der Waals surface area contributed by atoms with E-state index >= 15 is 0 Å². The number of para-hydroxylation sites is 1. The zero-order chi connectivity index (χ0) is 20.3. The molecular weight excluding hydrogens is 379 g/mol. The molecule has 0 spiro atoms. The summed E-state index contributed by atoms with van der Waals surface area (Å²) in [6.07, 6.45) is 1.49. The van der Waals surface area contributed by atoms with Crippen LogP contribution in [-0.2, 0) is 26.9 Å². The van der Waals surface area contributed by atoms with Crippen LogP contribution in [0, 0.1) is 5.82 Å². The van der Waals surface area contributed by atoms with Gasteiger partial charge in [-0.2, -0.15) is 0 Å². The Balaban J connectivity index is 2.02. The summed E-state index contributed by atoms with van der Waals surface area (Å²) in [6, 6.07) is 12.9. The number of benzene rings is 2. The SMILES string of the molecule is CCN(CC)C(=O)Cn1cc(S(=O)(=O)Cc2ccccc2F)c2ccccc21. The van der Waals surface area contributed by atoms with Crippen molar-refractivity contribution in [2.24, 2.45) is 0 Å². The third-order valence-corrected chi connectivity index (χ3v) is 6.50. The molecular formula is C21H23FN2O3S. The van der Waals surface area contributed by atoms with E-state index in [2.05, 4.69) is 0 Å². The zero-order valence-corrected chi connectivity index (χ0v) is 16.7. The first kappa shape index (κ1) is 20.1. The largest absolute Gasteiger partial charge is 0.342 e. The van der Waals surface area contributed by atoms with Gasteiger partial charge in [-0.1, -0.05) is 36.4 Å². The number of carbonyl (C=O) groups excluding carboxylic acids is 1. The molecule has 0 saturated heterocycles. The highest BCUT2D eigenvalue weighted by molar-refractivity contribution is 7.90. The Morgan fingerprint density at radius 3 is 2.36 bits per heavy atom. The number of hydrogen-bond acceptors (Lipinski definition) is 3. The Hall–Kier alpha value is -2.67. The van der Waals surface area contributed by atoms with E-state index in [4.69, 9.17) is 0 Å². The molecule has 1 aromatic heterocycles. The fourth-order valence-corrected chi connectivity index (χ4v) is 4.91. The first-order chi connectivity index (χ1) is 13.4. The molecule has 0 N–H and O–H groups in total. The number of aromatic nitrogens is 1. The predicted molar refractivity (Wildman–Crippen MR) is 107 cm³/mol. The molecule has 1 amide bonds. The van der Waals surface area contributed by atoms with Gasteiger partial charge in [-0.3, -0.25) is 4.79 Å². The highest BCUT2D eigenvalue weighted by Gasteiger charge is 2.24. The molecule has 0 aliphatic rings. The minimum Gasteiger partial charge on any atom is -0.342 e. The molecule has 0 fully saturated rings. The highest BCUT2D eigenvalue weighted by Crippen LogP contribution is 2.28. The van der Waals surface area contributed by atoms with Crippen molar-refractivity contribution in [3.8, 4) is 0 Å². The summed E-state index contributed by atoms with van der Waals surface area (Å²) in [4.78, 5) is 14.3. The van der Waals surface area contributed by atoms with E-state index in [1.165, 1.54) is 24.4 Å². The molecule has 148 valence electrons. The van der Waals surface area contributed by atoms with Gasteiger partial charge in [0.25, 0.3) is 0 Å². The Labute approximate surface area is 164 Å². The molecule has 2 aromatic carbocycles. The van der Waals surface area contributed by atoms with Gasteiger partial charge in [0.2, 0.25) is 5.91 Å². The molecule has 0 radical (unpaired) electrons. The summed E-state index contributed by atoms with van der Waals surface area (Å²) in [5, 5.41) is 0.534. The van der Waals surface area contributed by atoms with Gasteiger partial charge in [-0.05, 0) is 26.0 Å². The van der Waals surface area contributed by atoms with Crippen LogP contribution in [0.3, 0.4) is 0 Å². The van der Waals surface area contributed by atoms with Gasteiger partial charge in [0.1, 0.15) is 12.4 Å². The van der Waals surface area contributed by atoms with Crippen molar-refractivity contribution in [1.29, 1.82) is 0 Å². The van der Waals surface area contributed by atoms with Crippen LogP contribution in [-0.4, -0.2) is 36.9 Å². The van der Waals surface area contributed by atoms with E-state index in [0.29, 0.717) is 24.0 Å². The fourth-order valence-electron chi connectivity index (χ4n) is 3.31. The van der Waals surface area contributed by atoms with Gasteiger partial charge in [-0.15, -0.1) is 0 Å². The van der Waals surface area contributed by atoms with Crippen LogP contribution in [0.25, 0.3) is 10.9 Å². The van der Waals surface area contributed by atoms with Gasteiger partial charge < -0.3 is 9.47 Å². The lowest BCUT2D eigenvalue weighted by atomic mass is 10.2. The third kappa shape index (κ3) is 3.94. The number of sulfone groups is 1. The quantitative estimate of drug-likeness (QED) is 0.606. The van der Waals surface area contributed by atoms with Gasteiger partial charge in [-0.25, -0.2) is 12.8 Å². The van der Waals surface area contributed by atoms with Crippen LogP contribution in [0.4, 0.5) is 4.39 Å². The molecule has 0 atom stereocenters. The number of hydrogen-bond donors (Lipinski definition) is 0. The normalized spacial score (nSPS) is 11.7. The van der Waals surface area contributed by atoms with E-state index in [1.807, 2.05) is 13.8 Å². The average Bonchev–Trinajstić information content (AvgIpc) is 3.04. The van der Waals surface area contributed by atoms with E-state index in [1.54, 1.807) is 39.8 Å². The monoisotopic (exact) mass is 402 g/mol. The Morgan fingerprint density at radius 2 is 1.68 bits per heavy atom. The van der Waals surface area contributed by atoms with Crippen LogP contribution in [0.15, 0.2) is 59.6 Å². The number of fused-ring (bicyclic) bond motifs is 1. The average molecular weight is 402 g/mol. The lowest BCUT2D eigenvalue weighted by Gasteiger charge is -2.19. The van der Waals surface area contributed by atoms with Gasteiger partial charge in [0.15, 0.2) is 9.84 Å². The molecule has 28 heavy (non-hydrogen) atoms. The lowest BCUT2D eigenvalue weighted by molar-refractivity contribution is -0.131. The maximum absolute atomic E-state index is 14.0. The summed E-state index contributed by atoms with van der Waals surface area (Å²) in [5.41, 5.74) is 0.786. The topological polar surface area (TPSA) is 59.4 Å². The Kier molecular flexibility index (Phi) is 5.84. The van der Waals surface area contributed by atoms with Crippen LogP contribution in [0.1, 0.15) is 19.4 Å². The second kappa shape index (κ2) is 8.14. The van der Waals surface area contributed by atoms with Gasteiger partial charge >= 0.3 is 0 Å². The molecule has 0 unspecified atom stereocenters. The number of halogens is 1. The van der Waals surface area contributed by atoms with Gasteiger partial charge in [0.05, 0.1) is 10.6 Å². The maximum atomic E-state index is 14.0. The molecule has 3 rings (SSSR count). The van der Waals surface area contributed by atoms with Crippen LogP contribution >= 0.6 is 0 Å². The minimum absolute atomic E-state index is 0.0530. The molecule has 5 nitrogen and oxygen atoms in total. The number of rotatable bonds is 7. The Morgan fingerprint density at radius 1 is 1.04 bits per heavy atom. The third-order valence-electron chi connectivity index (χ3n) is 4.81. The van der Waals surface area contributed by atoms with E-state index in [0.717, 1.165) is 0 Å². The molecule has 0 aliphatic carbocycles.